The van der Waals surface area contributed by atoms with Gasteiger partial charge in [0.15, 0.2) is 0 Å². The molecule has 0 saturated carbocycles. The average molecular weight is 194 g/mol. The molecule has 1 heterocycles. The van der Waals surface area contributed by atoms with Crippen molar-refractivity contribution in [3.8, 4) is 0 Å². The number of rotatable bonds is 2. The molecule has 1 fully saturated rings. The van der Waals surface area contributed by atoms with E-state index in [1.165, 1.54) is 0 Å². The van der Waals surface area contributed by atoms with Gasteiger partial charge in [0.05, 0.1) is 0 Å². The van der Waals surface area contributed by atoms with E-state index in [0.717, 1.165) is 25.9 Å². The normalized spacial score (nSPS) is 18.8. The SMILES string of the molecule is CC(C)(C(=O)O)N1CCCC1.Cl. The standard InChI is InChI=1S/C8H15NO2.ClH/c1-8(2,7(10)11)9-5-3-4-6-9;/h3-6H2,1-2H3,(H,10,11);1H. The summed E-state index contributed by atoms with van der Waals surface area (Å²) in [6.07, 6.45) is 2.27. The number of halogens is 1. The van der Waals surface area contributed by atoms with Crippen LogP contribution in [0, 0.1) is 0 Å². The summed E-state index contributed by atoms with van der Waals surface area (Å²) in [6.45, 7) is 5.39. The lowest BCUT2D eigenvalue weighted by atomic mass is 10.0. The van der Waals surface area contributed by atoms with Gasteiger partial charge in [-0.05, 0) is 39.8 Å². The Morgan fingerprint density at radius 1 is 1.33 bits per heavy atom. The number of carboxylic acid groups (broad SMARTS) is 1. The lowest BCUT2D eigenvalue weighted by Crippen LogP contribution is -2.48. The third kappa shape index (κ3) is 2.11. The Bertz CT molecular complexity index is 164. The second kappa shape index (κ2) is 4.10. The van der Waals surface area contributed by atoms with Crippen LogP contribution in [-0.2, 0) is 4.79 Å². The number of aliphatic carboxylic acids is 1. The molecule has 0 aromatic carbocycles. The molecule has 1 saturated heterocycles. The fourth-order valence-electron chi connectivity index (χ4n) is 1.41. The third-order valence-corrected chi connectivity index (χ3v) is 2.42. The lowest BCUT2D eigenvalue weighted by Gasteiger charge is -2.30. The van der Waals surface area contributed by atoms with Crippen molar-refractivity contribution in [2.24, 2.45) is 0 Å². The molecule has 1 rings (SSSR count). The zero-order valence-electron chi connectivity index (χ0n) is 7.54. The fraction of sp³-hybridized carbons (Fsp3) is 0.875. The van der Waals surface area contributed by atoms with Crippen LogP contribution in [-0.4, -0.2) is 34.6 Å². The van der Waals surface area contributed by atoms with E-state index in [-0.39, 0.29) is 12.4 Å². The molecule has 1 N–H and O–H groups in total. The van der Waals surface area contributed by atoms with E-state index >= 15 is 0 Å². The van der Waals surface area contributed by atoms with Crippen molar-refractivity contribution in [1.29, 1.82) is 0 Å². The van der Waals surface area contributed by atoms with Crippen molar-refractivity contribution in [2.45, 2.75) is 32.2 Å². The van der Waals surface area contributed by atoms with Crippen molar-refractivity contribution in [1.82, 2.24) is 4.90 Å². The monoisotopic (exact) mass is 193 g/mol. The van der Waals surface area contributed by atoms with E-state index in [0.29, 0.717) is 0 Å². The van der Waals surface area contributed by atoms with Gasteiger partial charge >= 0.3 is 5.97 Å². The molecule has 0 amide bonds. The summed E-state index contributed by atoms with van der Waals surface area (Å²) in [5.41, 5.74) is -0.670. The average Bonchev–Trinajstić information content (AvgIpc) is 2.37. The highest BCUT2D eigenvalue weighted by Gasteiger charge is 2.35. The van der Waals surface area contributed by atoms with Crippen molar-refractivity contribution >= 4 is 18.4 Å². The zero-order chi connectivity index (χ0) is 8.48. The molecule has 12 heavy (non-hydrogen) atoms. The smallest absolute Gasteiger partial charge is 0.323 e. The van der Waals surface area contributed by atoms with Gasteiger partial charge in [-0.3, -0.25) is 9.69 Å². The molecule has 1 aliphatic heterocycles. The second-order valence-electron chi connectivity index (χ2n) is 3.56. The molecule has 0 aliphatic carbocycles. The maximum absolute atomic E-state index is 10.8. The minimum absolute atomic E-state index is 0. The van der Waals surface area contributed by atoms with E-state index in [2.05, 4.69) is 0 Å². The first-order valence-electron chi connectivity index (χ1n) is 4.03. The first kappa shape index (κ1) is 11.7. The Morgan fingerprint density at radius 3 is 2.08 bits per heavy atom. The lowest BCUT2D eigenvalue weighted by molar-refractivity contribution is -0.148. The summed E-state index contributed by atoms with van der Waals surface area (Å²) in [5, 5.41) is 8.86. The summed E-state index contributed by atoms with van der Waals surface area (Å²) < 4.78 is 0. The van der Waals surface area contributed by atoms with Crippen molar-refractivity contribution in [3.05, 3.63) is 0 Å². The molecule has 0 bridgehead atoms. The Balaban J connectivity index is 0.00000121. The molecular weight excluding hydrogens is 178 g/mol. The second-order valence-corrected chi connectivity index (χ2v) is 3.56. The number of hydrogen-bond acceptors (Lipinski definition) is 2. The first-order valence-corrected chi connectivity index (χ1v) is 4.03. The highest BCUT2D eigenvalue weighted by molar-refractivity contribution is 5.85. The van der Waals surface area contributed by atoms with Gasteiger partial charge in [0.2, 0.25) is 0 Å². The maximum Gasteiger partial charge on any atom is 0.323 e. The Kier molecular flexibility index (Phi) is 4.00. The fourth-order valence-corrected chi connectivity index (χ4v) is 1.41. The highest BCUT2D eigenvalue weighted by Crippen LogP contribution is 2.20. The van der Waals surface area contributed by atoms with Gasteiger partial charge in [-0.2, -0.15) is 0 Å². The molecular formula is C8H16ClNO2. The van der Waals surface area contributed by atoms with Crippen LogP contribution in [0.5, 0.6) is 0 Å². The van der Waals surface area contributed by atoms with Crippen molar-refractivity contribution < 1.29 is 9.90 Å². The molecule has 0 unspecified atom stereocenters. The van der Waals surface area contributed by atoms with Gasteiger partial charge in [0.25, 0.3) is 0 Å². The van der Waals surface area contributed by atoms with E-state index in [1.807, 2.05) is 4.90 Å². The molecule has 1 aliphatic rings. The maximum atomic E-state index is 10.8. The van der Waals surface area contributed by atoms with E-state index in [1.54, 1.807) is 13.8 Å². The van der Waals surface area contributed by atoms with Crippen LogP contribution in [0.15, 0.2) is 0 Å². The van der Waals surface area contributed by atoms with Crippen LogP contribution in [0.4, 0.5) is 0 Å². The zero-order valence-corrected chi connectivity index (χ0v) is 8.36. The van der Waals surface area contributed by atoms with Gasteiger partial charge < -0.3 is 5.11 Å². The van der Waals surface area contributed by atoms with Crippen LogP contribution < -0.4 is 0 Å². The largest absolute Gasteiger partial charge is 0.480 e. The van der Waals surface area contributed by atoms with Gasteiger partial charge in [0, 0.05) is 0 Å². The van der Waals surface area contributed by atoms with Gasteiger partial charge in [-0.25, -0.2) is 0 Å². The van der Waals surface area contributed by atoms with Crippen LogP contribution in [0.3, 0.4) is 0 Å². The number of likely N-dealkylation sites (tertiary alicyclic amines) is 1. The summed E-state index contributed by atoms with van der Waals surface area (Å²) >= 11 is 0. The minimum Gasteiger partial charge on any atom is -0.480 e. The number of carbonyl (C=O) groups is 1. The molecule has 4 heteroatoms. The van der Waals surface area contributed by atoms with Crippen molar-refractivity contribution in [3.63, 3.8) is 0 Å². The van der Waals surface area contributed by atoms with Gasteiger partial charge in [-0.15, -0.1) is 12.4 Å². The quantitative estimate of drug-likeness (QED) is 0.720. The van der Waals surface area contributed by atoms with Crippen LogP contribution >= 0.6 is 12.4 Å². The Morgan fingerprint density at radius 2 is 1.75 bits per heavy atom. The summed E-state index contributed by atoms with van der Waals surface area (Å²) in [4.78, 5) is 12.8. The molecule has 0 atom stereocenters. The van der Waals surface area contributed by atoms with Crippen LogP contribution in [0.2, 0.25) is 0 Å². The topological polar surface area (TPSA) is 40.5 Å². The summed E-state index contributed by atoms with van der Waals surface area (Å²) in [5.74, 6) is -0.723. The van der Waals surface area contributed by atoms with Gasteiger partial charge in [-0.1, -0.05) is 0 Å². The highest BCUT2D eigenvalue weighted by atomic mass is 35.5. The molecule has 3 nitrogen and oxygen atoms in total. The first-order chi connectivity index (χ1) is 5.05. The number of hydrogen-bond donors (Lipinski definition) is 1. The van der Waals surface area contributed by atoms with Crippen LogP contribution in [0.1, 0.15) is 26.7 Å². The number of carboxylic acids is 1. The van der Waals surface area contributed by atoms with E-state index in [9.17, 15) is 4.79 Å². The minimum atomic E-state index is -0.723. The number of nitrogens with zero attached hydrogens (tertiary/aromatic N) is 1. The van der Waals surface area contributed by atoms with Crippen molar-refractivity contribution in [2.75, 3.05) is 13.1 Å². The van der Waals surface area contributed by atoms with Gasteiger partial charge in [0.1, 0.15) is 5.54 Å². The summed E-state index contributed by atoms with van der Waals surface area (Å²) in [7, 11) is 0. The Labute approximate surface area is 79.2 Å². The molecule has 0 spiro atoms. The molecule has 0 aromatic rings. The third-order valence-electron chi connectivity index (χ3n) is 2.42. The molecule has 72 valence electrons. The predicted molar refractivity (Wildman–Crippen MR) is 49.8 cm³/mol. The van der Waals surface area contributed by atoms with Crippen LogP contribution in [0.25, 0.3) is 0 Å². The van der Waals surface area contributed by atoms with E-state index in [4.69, 9.17) is 5.11 Å². The molecule has 0 aromatic heterocycles. The van der Waals surface area contributed by atoms with E-state index < -0.39 is 11.5 Å². The molecule has 0 radical (unpaired) electrons. The predicted octanol–water partition coefficient (Wildman–Crippen LogP) is 1.37. The summed E-state index contributed by atoms with van der Waals surface area (Å²) in [6, 6.07) is 0. The Hall–Kier alpha value is -0.280.